The molecule has 1 aromatic carbocycles. The van der Waals surface area contributed by atoms with Gasteiger partial charge in [0, 0.05) is 5.56 Å². The molecule has 5 rings (SSSR count). The van der Waals surface area contributed by atoms with Gasteiger partial charge in [-0.25, -0.2) is 5.43 Å². The smallest absolute Gasteiger partial charge is 0.246 e. The minimum absolute atomic E-state index is 0.125. The normalized spacial score (nSPS) is 34.5. The molecule has 0 aliphatic heterocycles. The number of nitrogens with one attached hydrogen (secondary N) is 1. The molecule has 4 saturated carbocycles. The topological polar surface area (TPSA) is 41.5 Å². The molecule has 3 heteroatoms. The SMILES string of the molecule is CC(=NNC(=O)C12CC3CC(CC(C3)C1)C2)c1cc(C)ccc1C. The second kappa shape index (κ2) is 5.72. The Bertz CT molecular complexity index is 669. The number of carbonyl (C=O) groups excluding carboxylic acids is 1. The molecule has 0 unspecified atom stereocenters. The molecule has 24 heavy (non-hydrogen) atoms. The van der Waals surface area contributed by atoms with Crippen molar-refractivity contribution in [3.05, 3.63) is 34.9 Å². The number of carbonyl (C=O) groups is 1. The summed E-state index contributed by atoms with van der Waals surface area (Å²) in [6.45, 7) is 6.17. The Hall–Kier alpha value is -1.64. The first-order valence-electron chi connectivity index (χ1n) is 9.37. The maximum atomic E-state index is 13.0. The van der Waals surface area contributed by atoms with Gasteiger partial charge in [0.05, 0.1) is 11.1 Å². The predicted molar refractivity (Wildman–Crippen MR) is 96.9 cm³/mol. The van der Waals surface area contributed by atoms with Crippen molar-refractivity contribution in [2.24, 2.45) is 28.3 Å². The van der Waals surface area contributed by atoms with Gasteiger partial charge in [0.15, 0.2) is 0 Å². The van der Waals surface area contributed by atoms with Crippen LogP contribution in [0.15, 0.2) is 23.3 Å². The van der Waals surface area contributed by atoms with Gasteiger partial charge in [-0.05, 0) is 88.7 Å². The lowest BCUT2D eigenvalue weighted by Gasteiger charge is -2.55. The van der Waals surface area contributed by atoms with Gasteiger partial charge in [-0.3, -0.25) is 4.79 Å². The van der Waals surface area contributed by atoms with Crippen LogP contribution in [0.5, 0.6) is 0 Å². The van der Waals surface area contributed by atoms with Crippen molar-refractivity contribution >= 4 is 11.6 Å². The molecule has 1 amide bonds. The van der Waals surface area contributed by atoms with E-state index in [2.05, 4.69) is 42.6 Å². The molecule has 3 nitrogen and oxygen atoms in total. The monoisotopic (exact) mass is 324 g/mol. The van der Waals surface area contributed by atoms with Crippen molar-refractivity contribution in [1.29, 1.82) is 0 Å². The van der Waals surface area contributed by atoms with Gasteiger partial charge in [0.2, 0.25) is 5.91 Å². The van der Waals surface area contributed by atoms with Crippen LogP contribution in [0.25, 0.3) is 0 Å². The molecule has 128 valence electrons. The van der Waals surface area contributed by atoms with Crippen molar-refractivity contribution in [2.45, 2.75) is 59.3 Å². The third-order valence-corrected chi connectivity index (χ3v) is 6.63. The zero-order valence-electron chi connectivity index (χ0n) is 15.1. The Morgan fingerprint density at radius 1 is 1.08 bits per heavy atom. The maximum Gasteiger partial charge on any atom is 0.246 e. The summed E-state index contributed by atoms with van der Waals surface area (Å²) in [4.78, 5) is 13.0. The summed E-state index contributed by atoms with van der Waals surface area (Å²) in [5.41, 5.74) is 7.25. The first-order chi connectivity index (χ1) is 11.4. The van der Waals surface area contributed by atoms with Crippen molar-refractivity contribution in [3.63, 3.8) is 0 Å². The fraction of sp³-hybridized carbons (Fsp3) is 0.619. The largest absolute Gasteiger partial charge is 0.273 e. The van der Waals surface area contributed by atoms with Crippen LogP contribution in [-0.4, -0.2) is 11.6 Å². The highest BCUT2D eigenvalue weighted by atomic mass is 16.2. The van der Waals surface area contributed by atoms with Gasteiger partial charge in [-0.15, -0.1) is 0 Å². The van der Waals surface area contributed by atoms with Crippen molar-refractivity contribution in [2.75, 3.05) is 0 Å². The molecule has 0 saturated heterocycles. The molecule has 0 radical (unpaired) electrons. The van der Waals surface area contributed by atoms with Crippen LogP contribution in [0.4, 0.5) is 0 Å². The molecule has 0 heterocycles. The van der Waals surface area contributed by atoms with Crippen LogP contribution in [-0.2, 0) is 4.79 Å². The lowest BCUT2D eigenvalue weighted by molar-refractivity contribution is -0.146. The molecule has 4 aliphatic rings. The number of hydrogen-bond acceptors (Lipinski definition) is 2. The average Bonchev–Trinajstić information content (AvgIpc) is 2.53. The summed E-state index contributed by atoms with van der Waals surface area (Å²) in [6.07, 6.45) is 7.33. The van der Waals surface area contributed by atoms with Gasteiger partial charge in [0.25, 0.3) is 0 Å². The van der Waals surface area contributed by atoms with E-state index in [-0.39, 0.29) is 11.3 Å². The van der Waals surface area contributed by atoms with E-state index in [1.807, 2.05) is 6.92 Å². The molecular formula is C21H28N2O. The van der Waals surface area contributed by atoms with Crippen LogP contribution in [0.3, 0.4) is 0 Å². The van der Waals surface area contributed by atoms with E-state index >= 15 is 0 Å². The summed E-state index contributed by atoms with van der Waals surface area (Å²) >= 11 is 0. The second-order valence-corrected chi connectivity index (χ2v) is 8.65. The second-order valence-electron chi connectivity index (χ2n) is 8.65. The fourth-order valence-corrected chi connectivity index (χ4v) is 5.83. The zero-order valence-corrected chi connectivity index (χ0v) is 15.1. The highest BCUT2D eigenvalue weighted by Gasteiger charge is 2.54. The maximum absolute atomic E-state index is 13.0. The number of hydrazone groups is 1. The van der Waals surface area contributed by atoms with E-state index in [1.54, 1.807) is 0 Å². The van der Waals surface area contributed by atoms with Gasteiger partial charge in [0.1, 0.15) is 0 Å². The van der Waals surface area contributed by atoms with Crippen molar-refractivity contribution in [3.8, 4) is 0 Å². The standard InChI is InChI=1S/C21H28N2O/c1-13-4-5-14(2)19(6-13)15(3)22-23-20(24)21-10-16-7-17(11-21)9-18(8-16)12-21/h4-6,16-18H,7-12H2,1-3H3,(H,23,24). The third-order valence-electron chi connectivity index (χ3n) is 6.63. The van der Waals surface area contributed by atoms with Crippen LogP contribution in [0, 0.1) is 37.0 Å². The molecule has 1 aromatic rings. The Balaban J connectivity index is 1.51. The van der Waals surface area contributed by atoms with Gasteiger partial charge in [-0.1, -0.05) is 17.7 Å². The van der Waals surface area contributed by atoms with E-state index in [1.165, 1.54) is 30.4 Å². The van der Waals surface area contributed by atoms with E-state index in [4.69, 9.17) is 0 Å². The minimum atomic E-state index is -0.125. The minimum Gasteiger partial charge on any atom is -0.273 e. The Kier molecular flexibility index (Phi) is 3.78. The van der Waals surface area contributed by atoms with Gasteiger partial charge in [-0.2, -0.15) is 5.10 Å². The van der Waals surface area contributed by atoms with E-state index in [0.29, 0.717) is 0 Å². The Morgan fingerprint density at radius 3 is 2.25 bits per heavy atom. The lowest BCUT2D eigenvalue weighted by Crippen LogP contribution is -2.52. The van der Waals surface area contributed by atoms with E-state index in [0.717, 1.165) is 48.3 Å². The van der Waals surface area contributed by atoms with Crippen LogP contribution in [0.2, 0.25) is 0 Å². The fourth-order valence-electron chi connectivity index (χ4n) is 5.83. The number of rotatable bonds is 3. The molecule has 4 aliphatic carbocycles. The molecule has 4 fully saturated rings. The van der Waals surface area contributed by atoms with Crippen LogP contribution in [0.1, 0.15) is 62.1 Å². The summed E-state index contributed by atoms with van der Waals surface area (Å²) in [5.74, 6) is 2.52. The summed E-state index contributed by atoms with van der Waals surface area (Å²) in [5, 5.41) is 4.47. The highest BCUT2D eigenvalue weighted by Crippen LogP contribution is 2.60. The first-order valence-corrected chi connectivity index (χ1v) is 9.37. The molecule has 0 atom stereocenters. The van der Waals surface area contributed by atoms with Crippen molar-refractivity contribution < 1.29 is 4.79 Å². The number of hydrogen-bond donors (Lipinski definition) is 1. The van der Waals surface area contributed by atoms with Crippen LogP contribution < -0.4 is 5.43 Å². The predicted octanol–water partition coefficient (Wildman–Crippen LogP) is 4.36. The molecule has 4 bridgehead atoms. The highest BCUT2D eigenvalue weighted by molar-refractivity contribution is 6.00. The summed E-state index contributed by atoms with van der Waals surface area (Å²) < 4.78 is 0. The third kappa shape index (κ3) is 2.68. The Labute approximate surface area is 144 Å². The molecule has 0 aromatic heterocycles. The van der Waals surface area contributed by atoms with E-state index < -0.39 is 0 Å². The molecular weight excluding hydrogens is 296 g/mol. The average molecular weight is 324 g/mol. The van der Waals surface area contributed by atoms with E-state index in [9.17, 15) is 4.79 Å². The summed E-state index contributed by atoms with van der Waals surface area (Å²) in [7, 11) is 0. The molecule has 0 spiro atoms. The number of benzene rings is 1. The molecule has 1 N–H and O–H groups in total. The zero-order chi connectivity index (χ0) is 16.9. The van der Waals surface area contributed by atoms with Gasteiger partial charge < -0.3 is 0 Å². The van der Waals surface area contributed by atoms with Crippen LogP contribution >= 0.6 is 0 Å². The first kappa shape index (κ1) is 15.9. The quantitative estimate of drug-likeness (QED) is 0.651. The number of aryl methyl sites for hydroxylation is 2. The number of nitrogens with zero attached hydrogens (tertiary/aromatic N) is 1. The van der Waals surface area contributed by atoms with Gasteiger partial charge >= 0.3 is 0 Å². The summed E-state index contributed by atoms with van der Waals surface area (Å²) in [6, 6.07) is 6.37. The lowest BCUT2D eigenvalue weighted by atomic mass is 9.49. The van der Waals surface area contributed by atoms with Crippen molar-refractivity contribution in [1.82, 2.24) is 5.43 Å². The number of amides is 1. The Morgan fingerprint density at radius 2 is 1.67 bits per heavy atom.